The van der Waals surface area contributed by atoms with E-state index in [2.05, 4.69) is 12.2 Å². The van der Waals surface area contributed by atoms with Crippen LogP contribution in [0.2, 0.25) is 0 Å². The molecule has 1 aromatic rings. The van der Waals surface area contributed by atoms with Gasteiger partial charge in [0.25, 0.3) is 0 Å². The number of rotatable bonds is 7. The van der Waals surface area contributed by atoms with Crippen molar-refractivity contribution in [1.29, 1.82) is 0 Å². The third kappa shape index (κ3) is 5.10. The van der Waals surface area contributed by atoms with E-state index >= 15 is 0 Å². The van der Waals surface area contributed by atoms with Gasteiger partial charge in [0, 0.05) is 17.9 Å². The van der Waals surface area contributed by atoms with Gasteiger partial charge < -0.3 is 10.4 Å². The number of aliphatic hydroxyl groups is 1. The summed E-state index contributed by atoms with van der Waals surface area (Å²) in [4.78, 5) is 12.6. The smallest absolute Gasteiger partial charge is 0.220 e. The number of aliphatic hydroxyl groups excluding tert-OH is 1. The van der Waals surface area contributed by atoms with Crippen molar-refractivity contribution in [2.75, 3.05) is 12.8 Å². The average Bonchev–Trinajstić information content (AvgIpc) is 2.42. The van der Waals surface area contributed by atoms with Crippen LogP contribution in [-0.2, 0) is 4.79 Å². The lowest BCUT2D eigenvalue weighted by Crippen LogP contribution is -2.28. The molecule has 1 rings (SSSR count). The van der Waals surface area contributed by atoms with Crippen LogP contribution in [0.1, 0.15) is 37.9 Å². The van der Waals surface area contributed by atoms with Crippen LogP contribution in [0.3, 0.4) is 0 Å². The fraction of sp³-hybridized carbons (Fsp3) is 0.500. The number of benzene rings is 1. The van der Waals surface area contributed by atoms with Crippen molar-refractivity contribution in [1.82, 2.24) is 5.32 Å². The summed E-state index contributed by atoms with van der Waals surface area (Å²) in [5, 5.41) is 12.7. The van der Waals surface area contributed by atoms with Gasteiger partial charge in [0.2, 0.25) is 5.91 Å². The molecule has 0 aliphatic heterocycles. The number of thioether (sulfide) groups is 1. The number of nitrogens with one attached hydrogen (secondary N) is 1. The van der Waals surface area contributed by atoms with Gasteiger partial charge in [-0.1, -0.05) is 25.5 Å². The zero-order chi connectivity index (χ0) is 13.4. The lowest BCUT2D eigenvalue weighted by molar-refractivity contribution is -0.121. The van der Waals surface area contributed by atoms with Crippen LogP contribution < -0.4 is 5.32 Å². The number of carbonyl (C=O) groups is 1. The van der Waals surface area contributed by atoms with E-state index in [-0.39, 0.29) is 12.5 Å². The molecule has 0 saturated carbocycles. The Morgan fingerprint density at radius 3 is 2.61 bits per heavy atom. The highest BCUT2D eigenvalue weighted by molar-refractivity contribution is 7.98. The highest BCUT2D eigenvalue weighted by Crippen LogP contribution is 2.18. The Morgan fingerprint density at radius 1 is 1.39 bits per heavy atom. The lowest BCUT2D eigenvalue weighted by atomic mass is 10.1. The number of carbonyl (C=O) groups excluding carboxylic acids is 1. The van der Waals surface area contributed by atoms with E-state index in [0.29, 0.717) is 6.42 Å². The number of amides is 1. The minimum absolute atomic E-state index is 0.0108. The molecular formula is C14H21NO2S. The molecule has 0 heterocycles. The van der Waals surface area contributed by atoms with Gasteiger partial charge in [-0.2, -0.15) is 0 Å². The van der Waals surface area contributed by atoms with Gasteiger partial charge in [-0.25, -0.2) is 0 Å². The molecule has 0 saturated heterocycles. The fourth-order valence-corrected chi connectivity index (χ4v) is 1.99. The minimum atomic E-state index is -0.633. The molecule has 0 aromatic heterocycles. The Bertz CT molecular complexity index is 365. The van der Waals surface area contributed by atoms with Crippen LogP contribution in [0, 0.1) is 0 Å². The molecule has 100 valence electrons. The molecule has 4 heteroatoms. The summed E-state index contributed by atoms with van der Waals surface area (Å²) in [5.74, 6) is 0.0108. The molecule has 0 bridgehead atoms. The molecule has 0 spiro atoms. The molecule has 2 N–H and O–H groups in total. The monoisotopic (exact) mass is 267 g/mol. The summed E-state index contributed by atoms with van der Waals surface area (Å²) >= 11 is 1.67. The molecule has 0 radical (unpaired) electrons. The van der Waals surface area contributed by atoms with Crippen molar-refractivity contribution in [3.05, 3.63) is 29.8 Å². The van der Waals surface area contributed by atoms with E-state index in [0.717, 1.165) is 23.3 Å². The highest BCUT2D eigenvalue weighted by Gasteiger charge is 2.09. The molecule has 0 fully saturated rings. The van der Waals surface area contributed by atoms with Crippen molar-refractivity contribution >= 4 is 17.7 Å². The topological polar surface area (TPSA) is 49.3 Å². The maximum atomic E-state index is 11.4. The molecule has 1 amide bonds. The van der Waals surface area contributed by atoms with Crippen molar-refractivity contribution in [2.24, 2.45) is 0 Å². The van der Waals surface area contributed by atoms with Crippen molar-refractivity contribution in [2.45, 2.75) is 37.2 Å². The molecule has 18 heavy (non-hydrogen) atoms. The molecule has 3 nitrogen and oxygen atoms in total. The van der Waals surface area contributed by atoms with E-state index in [1.165, 1.54) is 0 Å². The standard InChI is InChI=1S/C14H21NO2S/c1-3-4-5-14(17)15-10-13(16)11-6-8-12(18-2)9-7-11/h6-9,13,16H,3-5,10H2,1-2H3,(H,15,17). The molecule has 1 unspecified atom stereocenters. The van der Waals surface area contributed by atoms with Crippen LogP contribution in [0.4, 0.5) is 0 Å². The van der Waals surface area contributed by atoms with Crippen LogP contribution >= 0.6 is 11.8 Å². The largest absolute Gasteiger partial charge is 0.387 e. The fourth-order valence-electron chi connectivity index (χ4n) is 1.58. The van der Waals surface area contributed by atoms with Gasteiger partial charge in [0.1, 0.15) is 0 Å². The van der Waals surface area contributed by atoms with Crippen LogP contribution in [0.25, 0.3) is 0 Å². The first-order valence-electron chi connectivity index (χ1n) is 6.26. The van der Waals surface area contributed by atoms with Crippen LogP contribution in [-0.4, -0.2) is 23.8 Å². The number of unbranched alkanes of at least 4 members (excludes halogenated alkanes) is 1. The summed E-state index contributed by atoms with van der Waals surface area (Å²) in [5.41, 5.74) is 0.837. The first-order valence-corrected chi connectivity index (χ1v) is 7.48. The second-order valence-corrected chi connectivity index (χ2v) is 5.08. The van der Waals surface area contributed by atoms with E-state index in [1.54, 1.807) is 11.8 Å². The van der Waals surface area contributed by atoms with E-state index in [1.807, 2.05) is 30.5 Å². The van der Waals surface area contributed by atoms with Gasteiger partial charge in [-0.15, -0.1) is 11.8 Å². The Hall–Kier alpha value is -1.00. The second kappa shape index (κ2) is 8.16. The summed E-state index contributed by atoms with van der Waals surface area (Å²) in [6.45, 7) is 2.33. The summed E-state index contributed by atoms with van der Waals surface area (Å²) < 4.78 is 0. The molecule has 1 atom stereocenters. The number of hydrogen-bond donors (Lipinski definition) is 2. The minimum Gasteiger partial charge on any atom is -0.387 e. The number of hydrogen-bond acceptors (Lipinski definition) is 3. The summed E-state index contributed by atoms with van der Waals surface area (Å²) in [6.07, 6.45) is 3.82. The first kappa shape index (κ1) is 15.1. The quantitative estimate of drug-likeness (QED) is 0.747. The average molecular weight is 267 g/mol. The maximum Gasteiger partial charge on any atom is 0.220 e. The van der Waals surface area contributed by atoms with Gasteiger partial charge in [0.15, 0.2) is 0 Å². The van der Waals surface area contributed by atoms with Crippen LogP contribution in [0.15, 0.2) is 29.2 Å². The SMILES string of the molecule is CCCCC(=O)NCC(O)c1ccc(SC)cc1. The van der Waals surface area contributed by atoms with Gasteiger partial charge >= 0.3 is 0 Å². The normalized spacial score (nSPS) is 12.2. The zero-order valence-electron chi connectivity index (χ0n) is 11.0. The lowest BCUT2D eigenvalue weighted by Gasteiger charge is -2.12. The second-order valence-electron chi connectivity index (χ2n) is 4.20. The Labute approximate surface area is 113 Å². The van der Waals surface area contributed by atoms with Gasteiger partial charge in [-0.05, 0) is 30.4 Å². The molecule has 1 aromatic carbocycles. The van der Waals surface area contributed by atoms with Crippen molar-refractivity contribution < 1.29 is 9.90 Å². The summed E-state index contributed by atoms with van der Waals surface area (Å²) in [7, 11) is 0. The Kier molecular flexibility index (Phi) is 6.83. The van der Waals surface area contributed by atoms with E-state index in [4.69, 9.17) is 0 Å². The Balaban J connectivity index is 2.39. The summed E-state index contributed by atoms with van der Waals surface area (Å²) in [6, 6.07) is 7.74. The predicted octanol–water partition coefficient (Wildman–Crippen LogP) is 2.75. The van der Waals surface area contributed by atoms with E-state index < -0.39 is 6.10 Å². The van der Waals surface area contributed by atoms with Gasteiger partial charge in [0.05, 0.1) is 6.10 Å². The Morgan fingerprint density at radius 2 is 2.06 bits per heavy atom. The van der Waals surface area contributed by atoms with Crippen molar-refractivity contribution in [3.8, 4) is 0 Å². The van der Waals surface area contributed by atoms with Crippen LogP contribution in [0.5, 0.6) is 0 Å². The third-order valence-corrected chi connectivity index (χ3v) is 3.49. The molecule has 0 aliphatic carbocycles. The molecule has 0 aliphatic rings. The van der Waals surface area contributed by atoms with E-state index in [9.17, 15) is 9.90 Å². The third-order valence-electron chi connectivity index (χ3n) is 2.75. The predicted molar refractivity (Wildman–Crippen MR) is 75.7 cm³/mol. The molecular weight excluding hydrogens is 246 g/mol. The maximum absolute atomic E-state index is 11.4. The van der Waals surface area contributed by atoms with Gasteiger partial charge in [-0.3, -0.25) is 4.79 Å². The first-order chi connectivity index (χ1) is 8.67. The highest BCUT2D eigenvalue weighted by atomic mass is 32.2. The van der Waals surface area contributed by atoms with Crippen molar-refractivity contribution in [3.63, 3.8) is 0 Å². The zero-order valence-corrected chi connectivity index (χ0v) is 11.8.